The average Bonchev–Trinajstić information content (AvgIpc) is 2.69. The summed E-state index contributed by atoms with van der Waals surface area (Å²) in [5.41, 5.74) is 2.52. The Morgan fingerprint density at radius 1 is 1.05 bits per heavy atom. The number of nitrogens with one attached hydrogen (secondary N) is 1. The van der Waals surface area contributed by atoms with E-state index in [0.717, 1.165) is 16.0 Å². The van der Waals surface area contributed by atoms with Gasteiger partial charge in [-0.3, -0.25) is 0 Å². The van der Waals surface area contributed by atoms with Crippen LogP contribution in [0.5, 0.6) is 0 Å². The van der Waals surface area contributed by atoms with E-state index in [1.807, 2.05) is 13.8 Å². The van der Waals surface area contributed by atoms with E-state index in [1.165, 1.54) is 11.1 Å². The SMILES string of the molecule is Cc1cc(C(C)N[C@@H](C)c2ccc(Br)cc2)c(C)o1. The minimum absolute atomic E-state index is 0.274. The van der Waals surface area contributed by atoms with Crippen molar-refractivity contribution in [3.8, 4) is 0 Å². The van der Waals surface area contributed by atoms with E-state index < -0.39 is 0 Å². The lowest BCUT2D eigenvalue weighted by atomic mass is 10.0. The summed E-state index contributed by atoms with van der Waals surface area (Å²) in [5, 5.41) is 3.61. The summed E-state index contributed by atoms with van der Waals surface area (Å²) in [6, 6.07) is 11.1. The largest absolute Gasteiger partial charge is 0.466 e. The zero-order valence-electron chi connectivity index (χ0n) is 11.8. The Labute approximate surface area is 123 Å². The molecule has 0 aliphatic carbocycles. The van der Waals surface area contributed by atoms with E-state index in [1.54, 1.807) is 0 Å². The highest BCUT2D eigenvalue weighted by atomic mass is 79.9. The summed E-state index contributed by atoms with van der Waals surface area (Å²) < 4.78 is 6.70. The first kappa shape index (κ1) is 14.4. The van der Waals surface area contributed by atoms with Gasteiger partial charge in [-0.25, -0.2) is 0 Å². The van der Waals surface area contributed by atoms with Gasteiger partial charge in [0, 0.05) is 22.1 Å². The first-order chi connectivity index (χ1) is 8.97. The topological polar surface area (TPSA) is 25.2 Å². The van der Waals surface area contributed by atoms with Gasteiger partial charge in [0.15, 0.2) is 0 Å². The average molecular weight is 322 g/mol. The Morgan fingerprint density at radius 3 is 2.21 bits per heavy atom. The molecule has 2 nitrogen and oxygen atoms in total. The molecule has 0 aliphatic heterocycles. The number of rotatable bonds is 4. The standard InChI is InChI=1S/C16H20BrNO/c1-10-9-16(13(4)19-10)12(3)18-11(2)14-5-7-15(17)8-6-14/h5-9,11-12,18H,1-4H3/t11-,12?/m0/s1. The zero-order chi connectivity index (χ0) is 14.0. The molecule has 1 aromatic heterocycles. The third kappa shape index (κ3) is 3.48. The van der Waals surface area contributed by atoms with Gasteiger partial charge in [0.05, 0.1) is 0 Å². The molecule has 0 amide bonds. The molecular weight excluding hydrogens is 302 g/mol. The van der Waals surface area contributed by atoms with Crippen LogP contribution >= 0.6 is 15.9 Å². The number of halogens is 1. The van der Waals surface area contributed by atoms with Gasteiger partial charge >= 0.3 is 0 Å². The van der Waals surface area contributed by atoms with E-state index in [4.69, 9.17) is 4.42 Å². The normalized spacial score (nSPS) is 14.4. The predicted octanol–water partition coefficient (Wildman–Crippen LogP) is 5.07. The summed E-state index contributed by atoms with van der Waals surface area (Å²) in [4.78, 5) is 0. The van der Waals surface area contributed by atoms with E-state index in [0.29, 0.717) is 6.04 Å². The summed E-state index contributed by atoms with van der Waals surface area (Å²) in [6.07, 6.45) is 0. The Bertz CT molecular complexity index is 544. The first-order valence-electron chi connectivity index (χ1n) is 6.56. The van der Waals surface area contributed by atoms with Crippen LogP contribution in [0.4, 0.5) is 0 Å². The minimum atomic E-state index is 0.274. The predicted molar refractivity (Wildman–Crippen MR) is 82.3 cm³/mol. The van der Waals surface area contributed by atoms with Gasteiger partial charge in [0.2, 0.25) is 0 Å². The number of benzene rings is 1. The lowest BCUT2D eigenvalue weighted by Crippen LogP contribution is -2.22. The fourth-order valence-corrected chi connectivity index (χ4v) is 2.66. The molecule has 0 bridgehead atoms. The third-order valence-electron chi connectivity index (χ3n) is 3.42. The van der Waals surface area contributed by atoms with E-state index in [9.17, 15) is 0 Å². The maximum absolute atomic E-state index is 5.59. The van der Waals surface area contributed by atoms with Gasteiger partial charge in [-0.15, -0.1) is 0 Å². The zero-order valence-corrected chi connectivity index (χ0v) is 13.4. The summed E-state index contributed by atoms with van der Waals surface area (Å²) in [6.45, 7) is 8.36. The molecule has 1 N–H and O–H groups in total. The summed E-state index contributed by atoms with van der Waals surface area (Å²) in [7, 11) is 0. The molecule has 1 heterocycles. The van der Waals surface area contributed by atoms with E-state index in [-0.39, 0.29) is 6.04 Å². The maximum atomic E-state index is 5.59. The Hall–Kier alpha value is -1.06. The summed E-state index contributed by atoms with van der Waals surface area (Å²) >= 11 is 3.46. The Balaban J connectivity index is 2.08. The second-order valence-electron chi connectivity index (χ2n) is 5.03. The van der Waals surface area contributed by atoms with Crippen molar-refractivity contribution < 1.29 is 4.42 Å². The highest BCUT2D eigenvalue weighted by Crippen LogP contribution is 2.25. The van der Waals surface area contributed by atoms with Crippen LogP contribution in [0, 0.1) is 13.8 Å². The van der Waals surface area contributed by atoms with Crippen molar-refractivity contribution in [2.75, 3.05) is 0 Å². The highest BCUT2D eigenvalue weighted by Gasteiger charge is 2.15. The number of hydrogen-bond donors (Lipinski definition) is 1. The van der Waals surface area contributed by atoms with Crippen molar-refractivity contribution in [1.82, 2.24) is 5.32 Å². The second-order valence-corrected chi connectivity index (χ2v) is 5.95. The van der Waals surface area contributed by atoms with Gasteiger partial charge in [-0.1, -0.05) is 28.1 Å². The molecular formula is C16H20BrNO. The quantitative estimate of drug-likeness (QED) is 0.850. The van der Waals surface area contributed by atoms with Gasteiger partial charge in [0.25, 0.3) is 0 Å². The molecule has 2 rings (SSSR count). The van der Waals surface area contributed by atoms with Crippen molar-refractivity contribution in [2.45, 2.75) is 39.8 Å². The monoisotopic (exact) mass is 321 g/mol. The molecule has 0 fully saturated rings. The van der Waals surface area contributed by atoms with E-state index >= 15 is 0 Å². The molecule has 0 spiro atoms. The number of furan rings is 1. The number of hydrogen-bond acceptors (Lipinski definition) is 2. The van der Waals surface area contributed by atoms with Crippen molar-refractivity contribution in [3.05, 3.63) is 57.5 Å². The second kappa shape index (κ2) is 5.93. The lowest BCUT2D eigenvalue weighted by Gasteiger charge is -2.20. The van der Waals surface area contributed by atoms with E-state index in [2.05, 4.69) is 65.4 Å². The first-order valence-corrected chi connectivity index (χ1v) is 7.35. The fourth-order valence-electron chi connectivity index (χ4n) is 2.39. The highest BCUT2D eigenvalue weighted by molar-refractivity contribution is 9.10. The molecule has 0 radical (unpaired) electrons. The van der Waals surface area contributed by atoms with Crippen LogP contribution < -0.4 is 5.32 Å². The van der Waals surface area contributed by atoms with Crippen molar-refractivity contribution >= 4 is 15.9 Å². The maximum Gasteiger partial charge on any atom is 0.105 e. The van der Waals surface area contributed by atoms with Gasteiger partial charge in [-0.2, -0.15) is 0 Å². The molecule has 1 unspecified atom stereocenters. The number of aryl methyl sites for hydroxylation is 2. The van der Waals surface area contributed by atoms with Gasteiger partial charge < -0.3 is 9.73 Å². The van der Waals surface area contributed by atoms with Crippen molar-refractivity contribution in [3.63, 3.8) is 0 Å². The molecule has 102 valence electrons. The molecule has 19 heavy (non-hydrogen) atoms. The lowest BCUT2D eigenvalue weighted by molar-refractivity contribution is 0.469. The van der Waals surface area contributed by atoms with Crippen molar-refractivity contribution in [2.24, 2.45) is 0 Å². The van der Waals surface area contributed by atoms with Crippen LogP contribution in [-0.4, -0.2) is 0 Å². The van der Waals surface area contributed by atoms with Crippen molar-refractivity contribution in [1.29, 1.82) is 0 Å². The van der Waals surface area contributed by atoms with Gasteiger partial charge in [-0.05, 0) is 51.5 Å². The molecule has 2 aromatic rings. The van der Waals surface area contributed by atoms with Crippen LogP contribution in [-0.2, 0) is 0 Å². The molecule has 0 saturated carbocycles. The molecule has 2 atom stereocenters. The third-order valence-corrected chi connectivity index (χ3v) is 3.94. The fraction of sp³-hybridized carbons (Fsp3) is 0.375. The van der Waals surface area contributed by atoms with Crippen LogP contribution in [0.2, 0.25) is 0 Å². The van der Waals surface area contributed by atoms with Crippen LogP contribution in [0.25, 0.3) is 0 Å². The molecule has 0 saturated heterocycles. The van der Waals surface area contributed by atoms with Crippen LogP contribution in [0.15, 0.2) is 39.2 Å². The molecule has 3 heteroatoms. The molecule has 1 aromatic carbocycles. The molecule has 0 aliphatic rings. The van der Waals surface area contributed by atoms with Crippen LogP contribution in [0.1, 0.15) is 48.6 Å². The van der Waals surface area contributed by atoms with Crippen LogP contribution in [0.3, 0.4) is 0 Å². The van der Waals surface area contributed by atoms with Gasteiger partial charge in [0.1, 0.15) is 11.5 Å². The Kier molecular flexibility index (Phi) is 4.48. The minimum Gasteiger partial charge on any atom is -0.466 e. The summed E-state index contributed by atoms with van der Waals surface area (Å²) in [5.74, 6) is 1.97. The Morgan fingerprint density at radius 2 is 1.68 bits per heavy atom. The smallest absolute Gasteiger partial charge is 0.105 e.